The van der Waals surface area contributed by atoms with Crippen LogP contribution in [0.15, 0.2) is 29.4 Å². The van der Waals surface area contributed by atoms with E-state index in [1.54, 1.807) is 4.90 Å². The maximum atomic E-state index is 12.4. The van der Waals surface area contributed by atoms with Gasteiger partial charge in [-0.25, -0.2) is 10.2 Å². The van der Waals surface area contributed by atoms with Gasteiger partial charge in [-0.3, -0.25) is 9.59 Å². The van der Waals surface area contributed by atoms with Gasteiger partial charge in [0.05, 0.1) is 0 Å². The number of benzene rings is 1. The quantitative estimate of drug-likeness (QED) is 0.835. The molecule has 2 amide bonds. The topological polar surface area (TPSA) is 88.1 Å². The van der Waals surface area contributed by atoms with E-state index in [2.05, 4.69) is 10.5 Å². The first kappa shape index (κ1) is 15.2. The Labute approximate surface area is 133 Å². The number of para-hydroxylation sites is 1. The van der Waals surface area contributed by atoms with E-state index in [0.717, 1.165) is 17.7 Å². The lowest BCUT2D eigenvalue weighted by Crippen LogP contribution is -2.39. The zero-order valence-corrected chi connectivity index (χ0v) is 12.7. The Kier molecular flexibility index (Phi) is 4.10. The van der Waals surface area contributed by atoms with Crippen LogP contribution in [-0.4, -0.2) is 36.1 Å². The van der Waals surface area contributed by atoms with Crippen LogP contribution >= 0.6 is 0 Å². The number of amides is 2. The van der Waals surface area contributed by atoms with Crippen LogP contribution in [0.4, 0.5) is 5.69 Å². The summed E-state index contributed by atoms with van der Waals surface area (Å²) < 4.78 is 5.04. The van der Waals surface area contributed by atoms with Crippen molar-refractivity contribution < 1.29 is 19.1 Å². The van der Waals surface area contributed by atoms with Gasteiger partial charge in [0.15, 0.2) is 6.61 Å². The molecule has 23 heavy (non-hydrogen) atoms. The molecule has 0 saturated carbocycles. The first-order valence-electron chi connectivity index (χ1n) is 7.48. The Hall–Kier alpha value is -2.70. The molecule has 1 N–H and O–H groups in total. The van der Waals surface area contributed by atoms with Crippen molar-refractivity contribution in [3.05, 3.63) is 29.8 Å². The summed E-state index contributed by atoms with van der Waals surface area (Å²) in [5.74, 6) is -1.17. The lowest BCUT2D eigenvalue weighted by Gasteiger charge is -2.22. The molecule has 2 aliphatic rings. The number of carbonyl (C=O) groups is 3. The lowest BCUT2D eigenvalue weighted by molar-refractivity contribution is -0.141. The van der Waals surface area contributed by atoms with E-state index < -0.39 is 5.97 Å². The average Bonchev–Trinajstić information content (AvgIpc) is 2.88. The molecule has 0 aromatic heterocycles. The molecular weight excluding hydrogens is 298 g/mol. The van der Waals surface area contributed by atoms with Crippen LogP contribution in [0.1, 0.15) is 25.3 Å². The Morgan fingerprint density at radius 1 is 1.35 bits per heavy atom. The van der Waals surface area contributed by atoms with Gasteiger partial charge in [0, 0.05) is 24.6 Å². The molecule has 0 saturated heterocycles. The summed E-state index contributed by atoms with van der Waals surface area (Å²) in [6.45, 7) is 1.62. The second-order valence-corrected chi connectivity index (χ2v) is 5.62. The minimum atomic E-state index is -0.668. The summed E-state index contributed by atoms with van der Waals surface area (Å²) in [7, 11) is 0. The zero-order chi connectivity index (χ0) is 16.4. The zero-order valence-electron chi connectivity index (χ0n) is 12.7. The van der Waals surface area contributed by atoms with E-state index in [1.807, 2.05) is 31.2 Å². The van der Waals surface area contributed by atoms with Gasteiger partial charge in [-0.1, -0.05) is 18.2 Å². The molecule has 7 heteroatoms. The smallest absolute Gasteiger partial charge is 0.355 e. The van der Waals surface area contributed by atoms with Crippen molar-refractivity contribution in [1.29, 1.82) is 0 Å². The van der Waals surface area contributed by atoms with Gasteiger partial charge in [-0.15, -0.1) is 0 Å². The monoisotopic (exact) mass is 315 g/mol. The minimum Gasteiger partial charge on any atom is -0.451 e. The molecule has 0 spiro atoms. The van der Waals surface area contributed by atoms with E-state index in [4.69, 9.17) is 4.74 Å². The molecule has 0 bridgehead atoms. The van der Waals surface area contributed by atoms with Gasteiger partial charge >= 0.3 is 5.97 Å². The van der Waals surface area contributed by atoms with Crippen LogP contribution in [0.25, 0.3) is 0 Å². The summed E-state index contributed by atoms with van der Waals surface area (Å²) in [6.07, 6.45) is 1.20. The highest BCUT2D eigenvalue weighted by atomic mass is 16.5. The second-order valence-electron chi connectivity index (χ2n) is 5.62. The van der Waals surface area contributed by atoms with Crippen LogP contribution in [0, 0.1) is 0 Å². The van der Waals surface area contributed by atoms with Gasteiger partial charge in [-0.2, -0.15) is 5.10 Å². The predicted octanol–water partition coefficient (Wildman–Crippen LogP) is 0.773. The first-order valence-corrected chi connectivity index (χ1v) is 7.48. The number of rotatable bonds is 3. The Morgan fingerprint density at radius 2 is 2.13 bits per heavy atom. The van der Waals surface area contributed by atoms with E-state index in [1.165, 1.54) is 0 Å². The van der Waals surface area contributed by atoms with Crippen LogP contribution < -0.4 is 10.3 Å². The maximum Gasteiger partial charge on any atom is 0.355 e. The third-order valence-corrected chi connectivity index (χ3v) is 3.94. The molecule has 1 unspecified atom stereocenters. The van der Waals surface area contributed by atoms with Gasteiger partial charge < -0.3 is 9.64 Å². The number of nitrogens with one attached hydrogen (secondary N) is 1. The largest absolute Gasteiger partial charge is 0.451 e. The molecule has 1 aromatic carbocycles. The van der Waals surface area contributed by atoms with E-state index >= 15 is 0 Å². The number of hydrogen-bond donors (Lipinski definition) is 1. The number of hydrogen-bond acceptors (Lipinski definition) is 5. The fourth-order valence-corrected chi connectivity index (χ4v) is 2.85. The second kappa shape index (κ2) is 6.20. The van der Waals surface area contributed by atoms with Gasteiger partial charge in [0.25, 0.3) is 5.91 Å². The fourth-order valence-electron chi connectivity index (χ4n) is 2.85. The number of nitrogens with zero attached hydrogens (tertiary/aromatic N) is 2. The molecule has 1 aromatic rings. The van der Waals surface area contributed by atoms with Crippen molar-refractivity contribution in [3.63, 3.8) is 0 Å². The van der Waals surface area contributed by atoms with Crippen molar-refractivity contribution in [3.8, 4) is 0 Å². The van der Waals surface area contributed by atoms with Crippen molar-refractivity contribution in [2.75, 3.05) is 11.5 Å². The third-order valence-electron chi connectivity index (χ3n) is 3.94. The van der Waals surface area contributed by atoms with Crippen molar-refractivity contribution in [1.82, 2.24) is 5.43 Å². The molecule has 3 rings (SSSR count). The molecule has 2 aliphatic heterocycles. The Balaban J connectivity index is 1.62. The number of fused-ring (bicyclic) bond motifs is 1. The summed E-state index contributed by atoms with van der Waals surface area (Å²) in [5.41, 5.74) is 4.33. The SMILES string of the molecule is CC1Cc2ccccc2N1C(=O)COC(=O)C1=NNC(=O)CC1. The summed E-state index contributed by atoms with van der Waals surface area (Å²) in [5, 5.41) is 3.65. The first-order chi connectivity index (χ1) is 11.1. The van der Waals surface area contributed by atoms with Crippen LogP contribution in [0.5, 0.6) is 0 Å². The van der Waals surface area contributed by atoms with Crippen LogP contribution in [0.3, 0.4) is 0 Å². The molecule has 120 valence electrons. The highest BCUT2D eigenvalue weighted by Gasteiger charge is 2.31. The molecule has 1 atom stereocenters. The fraction of sp³-hybridized carbons (Fsp3) is 0.375. The number of anilines is 1. The van der Waals surface area contributed by atoms with E-state index in [9.17, 15) is 14.4 Å². The van der Waals surface area contributed by atoms with E-state index in [0.29, 0.717) is 0 Å². The van der Waals surface area contributed by atoms with Crippen LogP contribution in [-0.2, 0) is 25.5 Å². The van der Waals surface area contributed by atoms with Gasteiger partial charge in [0.1, 0.15) is 5.71 Å². The molecular formula is C16H17N3O4. The molecule has 0 radical (unpaired) electrons. The van der Waals surface area contributed by atoms with E-state index in [-0.39, 0.29) is 43.0 Å². The number of hydrazone groups is 1. The minimum absolute atomic E-state index is 0.0323. The maximum absolute atomic E-state index is 12.4. The normalized spacial score (nSPS) is 19.7. The van der Waals surface area contributed by atoms with Gasteiger partial charge in [0.2, 0.25) is 5.91 Å². The molecule has 0 aliphatic carbocycles. The summed E-state index contributed by atoms with van der Waals surface area (Å²) in [6, 6.07) is 7.73. The van der Waals surface area contributed by atoms with Crippen molar-refractivity contribution in [2.24, 2.45) is 5.10 Å². The lowest BCUT2D eigenvalue weighted by atomic mass is 10.1. The summed E-state index contributed by atoms with van der Waals surface area (Å²) in [4.78, 5) is 36.9. The van der Waals surface area contributed by atoms with Crippen molar-refractivity contribution >= 4 is 29.2 Å². The number of carbonyl (C=O) groups excluding carboxylic acids is 3. The third kappa shape index (κ3) is 3.08. The highest BCUT2D eigenvalue weighted by Crippen LogP contribution is 2.31. The predicted molar refractivity (Wildman–Crippen MR) is 82.9 cm³/mol. The summed E-state index contributed by atoms with van der Waals surface area (Å²) >= 11 is 0. The Morgan fingerprint density at radius 3 is 2.87 bits per heavy atom. The van der Waals surface area contributed by atoms with Crippen LogP contribution in [0.2, 0.25) is 0 Å². The highest BCUT2D eigenvalue weighted by molar-refractivity contribution is 6.37. The molecule has 0 fully saturated rings. The van der Waals surface area contributed by atoms with Gasteiger partial charge in [-0.05, 0) is 25.0 Å². The average molecular weight is 315 g/mol. The number of esters is 1. The molecule has 2 heterocycles. The van der Waals surface area contributed by atoms with Crippen molar-refractivity contribution in [2.45, 2.75) is 32.2 Å². The number of ether oxygens (including phenoxy) is 1. The standard InChI is InChI=1S/C16H17N3O4/c1-10-8-11-4-2-3-5-13(11)19(10)15(21)9-23-16(22)12-6-7-14(20)18-17-12/h2-5,10H,6-9H2,1H3,(H,18,20). The Bertz CT molecular complexity index is 698. The molecule has 7 nitrogen and oxygen atoms in total.